The molecule has 1 aromatic heterocycles. The molecule has 2 aromatic rings. The number of nitrogens with one attached hydrogen (secondary N) is 1. The normalized spacial score (nSPS) is 14.1. The second-order valence-corrected chi connectivity index (χ2v) is 5.34. The Kier molecular flexibility index (Phi) is 4.48. The Balaban J connectivity index is 1.59. The fraction of sp³-hybridized carbons (Fsp3) is 0.353. The molecule has 1 aromatic carbocycles. The molecule has 0 amide bonds. The van der Waals surface area contributed by atoms with E-state index in [1.807, 2.05) is 36.5 Å². The third-order valence-electron chi connectivity index (χ3n) is 3.40. The van der Waals surface area contributed by atoms with E-state index in [0.717, 1.165) is 17.9 Å². The highest BCUT2D eigenvalue weighted by Gasteiger charge is 2.19. The van der Waals surface area contributed by atoms with Crippen LogP contribution in [0.3, 0.4) is 0 Å². The lowest BCUT2D eigenvalue weighted by Crippen LogP contribution is -2.15. The molecule has 1 fully saturated rings. The molecular weight excluding hydrogens is 264 g/mol. The van der Waals surface area contributed by atoms with E-state index in [1.165, 1.54) is 18.4 Å². The lowest BCUT2D eigenvalue weighted by molar-refractivity contribution is 0.184. The molecule has 4 heteroatoms. The topological polar surface area (TPSA) is 43.4 Å². The minimum absolute atomic E-state index is 0.580. The van der Waals surface area contributed by atoms with Gasteiger partial charge in [-0.15, -0.1) is 0 Å². The maximum atomic E-state index is 5.77. The van der Waals surface area contributed by atoms with Gasteiger partial charge in [-0.25, -0.2) is 4.98 Å². The number of benzene rings is 1. The van der Waals surface area contributed by atoms with Crippen LogP contribution in [-0.4, -0.2) is 18.1 Å². The minimum Gasteiger partial charge on any atom is -0.439 e. The van der Waals surface area contributed by atoms with Crippen molar-refractivity contribution < 1.29 is 9.47 Å². The third-order valence-corrected chi connectivity index (χ3v) is 3.40. The van der Waals surface area contributed by atoms with Crippen molar-refractivity contribution in [3.63, 3.8) is 0 Å². The number of aromatic nitrogens is 1. The van der Waals surface area contributed by atoms with Gasteiger partial charge in [-0.3, -0.25) is 0 Å². The molecule has 0 atom stereocenters. The third kappa shape index (κ3) is 4.28. The molecule has 1 aliphatic rings. The van der Waals surface area contributed by atoms with Crippen molar-refractivity contribution in [2.45, 2.75) is 32.0 Å². The van der Waals surface area contributed by atoms with E-state index in [9.17, 15) is 0 Å². The van der Waals surface area contributed by atoms with Gasteiger partial charge in [0.2, 0.25) is 5.88 Å². The van der Waals surface area contributed by atoms with Crippen molar-refractivity contribution in [2.24, 2.45) is 0 Å². The summed E-state index contributed by atoms with van der Waals surface area (Å²) >= 11 is 0. The number of nitrogens with zero attached hydrogens (tertiary/aromatic N) is 1. The second kappa shape index (κ2) is 6.70. The van der Waals surface area contributed by atoms with Crippen LogP contribution in [0.5, 0.6) is 11.6 Å². The van der Waals surface area contributed by atoms with E-state index in [1.54, 1.807) is 7.11 Å². The molecule has 0 aliphatic heterocycles. The Labute approximate surface area is 125 Å². The summed E-state index contributed by atoms with van der Waals surface area (Å²) < 4.78 is 10.9. The van der Waals surface area contributed by atoms with Crippen molar-refractivity contribution in [3.8, 4) is 11.6 Å². The number of rotatable bonds is 7. The number of pyridine rings is 1. The average Bonchev–Trinajstić information content (AvgIpc) is 3.32. The van der Waals surface area contributed by atoms with Gasteiger partial charge in [-0.05, 0) is 36.1 Å². The van der Waals surface area contributed by atoms with Crippen LogP contribution in [0.4, 0.5) is 0 Å². The molecule has 0 spiro atoms. The summed E-state index contributed by atoms with van der Waals surface area (Å²) in [7, 11) is 1.68. The summed E-state index contributed by atoms with van der Waals surface area (Å²) in [5.74, 6) is 1.39. The van der Waals surface area contributed by atoms with E-state index in [2.05, 4.69) is 16.4 Å². The number of hydrogen-bond donors (Lipinski definition) is 1. The Morgan fingerprint density at radius 1 is 1.19 bits per heavy atom. The molecule has 0 saturated heterocycles. The molecule has 4 nitrogen and oxygen atoms in total. The van der Waals surface area contributed by atoms with Crippen LogP contribution < -0.4 is 10.1 Å². The van der Waals surface area contributed by atoms with Gasteiger partial charge in [0.1, 0.15) is 5.75 Å². The first-order valence-electron chi connectivity index (χ1n) is 7.27. The van der Waals surface area contributed by atoms with Gasteiger partial charge >= 0.3 is 0 Å². The zero-order valence-electron chi connectivity index (χ0n) is 12.2. The zero-order chi connectivity index (χ0) is 14.5. The largest absolute Gasteiger partial charge is 0.439 e. The SMILES string of the molecule is COCc1cccc(Oc2ccc(CNC3CC3)cn2)c1. The first kappa shape index (κ1) is 14.0. The van der Waals surface area contributed by atoms with E-state index in [-0.39, 0.29) is 0 Å². The van der Waals surface area contributed by atoms with Gasteiger partial charge in [0.15, 0.2) is 0 Å². The van der Waals surface area contributed by atoms with Gasteiger partial charge in [0, 0.05) is 32.0 Å². The summed E-state index contributed by atoms with van der Waals surface area (Å²) in [6.07, 6.45) is 4.46. The van der Waals surface area contributed by atoms with Crippen LogP contribution in [0.2, 0.25) is 0 Å². The number of hydrogen-bond acceptors (Lipinski definition) is 4. The molecule has 21 heavy (non-hydrogen) atoms. The molecule has 0 bridgehead atoms. The molecule has 1 heterocycles. The first-order valence-corrected chi connectivity index (χ1v) is 7.27. The standard InChI is InChI=1S/C17H20N2O2/c1-20-12-13-3-2-4-16(9-13)21-17-8-5-14(11-19-17)10-18-15-6-7-15/h2-5,8-9,11,15,18H,6-7,10,12H2,1H3. The molecule has 3 rings (SSSR count). The van der Waals surface area contributed by atoms with Gasteiger partial charge in [-0.1, -0.05) is 18.2 Å². The fourth-order valence-corrected chi connectivity index (χ4v) is 2.11. The van der Waals surface area contributed by atoms with Crippen LogP contribution in [0.1, 0.15) is 24.0 Å². The number of ether oxygens (including phenoxy) is 2. The molecular formula is C17H20N2O2. The quantitative estimate of drug-likeness (QED) is 0.847. The summed E-state index contributed by atoms with van der Waals surface area (Å²) in [5.41, 5.74) is 2.27. The van der Waals surface area contributed by atoms with Crippen molar-refractivity contribution >= 4 is 0 Å². The fourth-order valence-electron chi connectivity index (χ4n) is 2.11. The summed E-state index contributed by atoms with van der Waals surface area (Å²) in [5, 5.41) is 3.47. The Bertz CT molecular complexity index is 580. The second-order valence-electron chi connectivity index (χ2n) is 5.34. The van der Waals surface area contributed by atoms with Gasteiger partial charge in [-0.2, -0.15) is 0 Å². The summed E-state index contributed by atoms with van der Waals surface area (Å²) in [6.45, 7) is 1.46. The average molecular weight is 284 g/mol. The van der Waals surface area contributed by atoms with Gasteiger partial charge in [0.25, 0.3) is 0 Å². The lowest BCUT2D eigenvalue weighted by Gasteiger charge is -2.08. The van der Waals surface area contributed by atoms with Crippen LogP contribution in [-0.2, 0) is 17.9 Å². The van der Waals surface area contributed by atoms with Crippen LogP contribution >= 0.6 is 0 Å². The van der Waals surface area contributed by atoms with Crippen molar-refractivity contribution in [3.05, 3.63) is 53.7 Å². The van der Waals surface area contributed by atoms with Crippen molar-refractivity contribution in [1.82, 2.24) is 10.3 Å². The Morgan fingerprint density at radius 3 is 2.81 bits per heavy atom. The van der Waals surface area contributed by atoms with E-state index >= 15 is 0 Å². The van der Waals surface area contributed by atoms with Gasteiger partial charge < -0.3 is 14.8 Å². The molecule has 0 unspecified atom stereocenters. The maximum Gasteiger partial charge on any atom is 0.219 e. The zero-order valence-corrected chi connectivity index (χ0v) is 12.2. The smallest absolute Gasteiger partial charge is 0.219 e. The van der Waals surface area contributed by atoms with E-state index in [0.29, 0.717) is 18.5 Å². The number of methoxy groups -OCH3 is 1. The molecule has 1 N–H and O–H groups in total. The monoisotopic (exact) mass is 284 g/mol. The first-order chi connectivity index (χ1) is 10.3. The van der Waals surface area contributed by atoms with Crippen LogP contribution in [0.15, 0.2) is 42.6 Å². The molecule has 1 aliphatic carbocycles. The lowest BCUT2D eigenvalue weighted by atomic mass is 10.2. The highest BCUT2D eigenvalue weighted by Crippen LogP contribution is 2.22. The predicted molar refractivity (Wildman–Crippen MR) is 81.3 cm³/mol. The highest BCUT2D eigenvalue weighted by atomic mass is 16.5. The van der Waals surface area contributed by atoms with Crippen LogP contribution in [0.25, 0.3) is 0 Å². The maximum absolute atomic E-state index is 5.77. The minimum atomic E-state index is 0.580. The molecule has 110 valence electrons. The van der Waals surface area contributed by atoms with Gasteiger partial charge in [0.05, 0.1) is 6.61 Å². The molecule has 0 radical (unpaired) electrons. The molecule has 1 saturated carbocycles. The summed E-state index contributed by atoms with van der Waals surface area (Å²) in [4.78, 5) is 4.35. The van der Waals surface area contributed by atoms with Crippen LogP contribution in [0, 0.1) is 0 Å². The summed E-state index contributed by atoms with van der Waals surface area (Å²) in [6, 6.07) is 12.5. The van der Waals surface area contributed by atoms with Crippen molar-refractivity contribution in [2.75, 3.05) is 7.11 Å². The highest BCUT2D eigenvalue weighted by molar-refractivity contribution is 5.31. The Morgan fingerprint density at radius 2 is 2.10 bits per heavy atom. The van der Waals surface area contributed by atoms with Crippen molar-refractivity contribution in [1.29, 1.82) is 0 Å². The van der Waals surface area contributed by atoms with E-state index in [4.69, 9.17) is 9.47 Å². The predicted octanol–water partition coefficient (Wildman–Crippen LogP) is 3.27. The Hall–Kier alpha value is -1.91. The van der Waals surface area contributed by atoms with E-state index < -0.39 is 0 Å².